The number of carbonyl (C=O) groups is 2. The molecular formula is C26H23N3O4S. The molecule has 2 N–H and O–H groups in total. The number of hydrogen-bond donors (Lipinski definition) is 2. The van der Waals surface area contributed by atoms with E-state index in [-0.39, 0.29) is 29.3 Å². The largest absolute Gasteiger partial charge is 0.478 e. The van der Waals surface area contributed by atoms with E-state index in [9.17, 15) is 14.4 Å². The highest BCUT2D eigenvalue weighted by molar-refractivity contribution is 7.99. The van der Waals surface area contributed by atoms with Gasteiger partial charge < -0.3 is 10.4 Å². The summed E-state index contributed by atoms with van der Waals surface area (Å²) in [5.41, 5.74) is 4.14. The second-order valence-corrected chi connectivity index (χ2v) is 8.91. The van der Waals surface area contributed by atoms with Gasteiger partial charge in [-0.15, -0.1) is 0 Å². The van der Waals surface area contributed by atoms with Crippen molar-refractivity contribution in [2.45, 2.75) is 25.5 Å². The lowest BCUT2D eigenvalue weighted by Crippen LogP contribution is -2.26. The predicted octanol–water partition coefficient (Wildman–Crippen LogP) is 4.11. The number of amides is 1. The Bertz CT molecular complexity index is 1420. The smallest absolute Gasteiger partial charge is 0.335 e. The molecule has 1 aromatic heterocycles. The van der Waals surface area contributed by atoms with Crippen molar-refractivity contribution in [1.82, 2.24) is 14.9 Å². The number of hydrogen-bond acceptors (Lipinski definition) is 5. The number of fused-ring (bicyclic) bond motifs is 1. The summed E-state index contributed by atoms with van der Waals surface area (Å²) in [6.45, 7) is 4.22. The molecule has 4 aromatic rings. The molecular weight excluding hydrogens is 450 g/mol. The first-order valence-corrected chi connectivity index (χ1v) is 11.6. The van der Waals surface area contributed by atoms with Crippen LogP contribution in [0.1, 0.15) is 27.0 Å². The van der Waals surface area contributed by atoms with Crippen LogP contribution in [-0.4, -0.2) is 32.3 Å². The highest BCUT2D eigenvalue weighted by Gasteiger charge is 2.15. The molecule has 0 aliphatic rings. The van der Waals surface area contributed by atoms with Crippen LogP contribution in [0.3, 0.4) is 0 Å². The first-order valence-electron chi connectivity index (χ1n) is 10.6. The maximum atomic E-state index is 13.4. The third-order valence-corrected chi connectivity index (χ3v) is 6.17. The van der Waals surface area contributed by atoms with Gasteiger partial charge in [0.25, 0.3) is 5.56 Å². The first-order chi connectivity index (χ1) is 16.3. The summed E-state index contributed by atoms with van der Waals surface area (Å²) < 4.78 is 1.56. The molecule has 0 saturated heterocycles. The molecule has 0 spiro atoms. The van der Waals surface area contributed by atoms with E-state index in [0.717, 1.165) is 16.7 Å². The molecule has 4 rings (SSSR count). The summed E-state index contributed by atoms with van der Waals surface area (Å²) in [6.07, 6.45) is 0. The number of carbonyl (C=O) groups excluding carboxylic acids is 1. The van der Waals surface area contributed by atoms with Crippen LogP contribution >= 0.6 is 11.8 Å². The van der Waals surface area contributed by atoms with Crippen LogP contribution < -0.4 is 10.9 Å². The van der Waals surface area contributed by atoms with Gasteiger partial charge in [-0.05, 0) is 66.9 Å². The molecule has 0 bridgehead atoms. The fraction of sp³-hybridized carbons (Fsp3) is 0.154. The predicted molar refractivity (Wildman–Crippen MR) is 133 cm³/mol. The molecule has 0 saturated carbocycles. The molecule has 0 unspecified atom stereocenters. The number of para-hydroxylation sites is 1. The van der Waals surface area contributed by atoms with Gasteiger partial charge in [-0.25, -0.2) is 9.78 Å². The van der Waals surface area contributed by atoms with E-state index in [0.29, 0.717) is 21.7 Å². The van der Waals surface area contributed by atoms with Crippen molar-refractivity contribution >= 4 is 34.5 Å². The molecule has 7 nitrogen and oxygen atoms in total. The molecule has 1 heterocycles. The molecule has 8 heteroatoms. The van der Waals surface area contributed by atoms with Crippen molar-refractivity contribution in [2.75, 3.05) is 5.75 Å². The summed E-state index contributed by atoms with van der Waals surface area (Å²) in [5.74, 6) is -1.14. The Morgan fingerprint density at radius 3 is 2.35 bits per heavy atom. The Balaban J connectivity index is 1.56. The maximum Gasteiger partial charge on any atom is 0.335 e. The summed E-state index contributed by atoms with van der Waals surface area (Å²) in [4.78, 5) is 41.5. The fourth-order valence-electron chi connectivity index (χ4n) is 3.66. The van der Waals surface area contributed by atoms with E-state index in [2.05, 4.69) is 10.3 Å². The zero-order chi connectivity index (χ0) is 24.2. The van der Waals surface area contributed by atoms with E-state index in [1.807, 2.05) is 38.1 Å². The van der Waals surface area contributed by atoms with Crippen molar-refractivity contribution < 1.29 is 14.7 Å². The molecule has 0 aliphatic heterocycles. The van der Waals surface area contributed by atoms with Gasteiger partial charge in [0.15, 0.2) is 5.16 Å². The Labute approximate surface area is 200 Å². The van der Waals surface area contributed by atoms with E-state index >= 15 is 0 Å². The number of aromatic nitrogens is 2. The van der Waals surface area contributed by atoms with Crippen molar-refractivity contribution in [2.24, 2.45) is 0 Å². The molecule has 0 aliphatic carbocycles. The Morgan fingerprint density at radius 1 is 1.00 bits per heavy atom. The van der Waals surface area contributed by atoms with Crippen molar-refractivity contribution in [3.8, 4) is 5.69 Å². The van der Waals surface area contributed by atoms with E-state index in [4.69, 9.17) is 5.11 Å². The minimum Gasteiger partial charge on any atom is -0.478 e. The van der Waals surface area contributed by atoms with Gasteiger partial charge in [0.2, 0.25) is 5.91 Å². The van der Waals surface area contributed by atoms with Gasteiger partial charge >= 0.3 is 5.97 Å². The second kappa shape index (κ2) is 9.93. The Hall–Kier alpha value is -3.91. The zero-order valence-electron chi connectivity index (χ0n) is 18.7. The van der Waals surface area contributed by atoms with Crippen molar-refractivity contribution in [3.63, 3.8) is 0 Å². The average molecular weight is 474 g/mol. The van der Waals surface area contributed by atoms with Gasteiger partial charge in [0, 0.05) is 6.54 Å². The SMILES string of the molecule is Cc1cc(C)cc(-n2c(SCC(=O)NCc3ccc(C(=O)O)cc3)nc3ccccc3c2=O)c1. The zero-order valence-corrected chi connectivity index (χ0v) is 19.6. The molecule has 0 fully saturated rings. The van der Waals surface area contributed by atoms with Gasteiger partial charge in [0.05, 0.1) is 27.9 Å². The van der Waals surface area contributed by atoms with Gasteiger partial charge in [-0.3, -0.25) is 14.2 Å². The van der Waals surface area contributed by atoms with Crippen LogP contribution in [0.5, 0.6) is 0 Å². The van der Waals surface area contributed by atoms with Crippen LogP contribution in [0.25, 0.3) is 16.6 Å². The normalized spacial score (nSPS) is 10.9. The van der Waals surface area contributed by atoms with Gasteiger partial charge in [-0.1, -0.05) is 42.1 Å². The summed E-state index contributed by atoms with van der Waals surface area (Å²) >= 11 is 1.19. The minimum absolute atomic E-state index is 0.0722. The topological polar surface area (TPSA) is 101 Å². The molecule has 0 atom stereocenters. The number of nitrogens with one attached hydrogen (secondary N) is 1. The molecule has 34 heavy (non-hydrogen) atoms. The highest BCUT2D eigenvalue weighted by Crippen LogP contribution is 2.22. The van der Waals surface area contributed by atoms with Gasteiger partial charge in [-0.2, -0.15) is 0 Å². The van der Waals surface area contributed by atoms with Crippen molar-refractivity contribution in [3.05, 3.63) is 99.3 Å². The molecule has 172 valence electrons. The van der Waals surface area contributed by atoms with Crippen molar-refractivity contribution in [1.29, 1.82) is 0 Å². The number of thioether (sulfide) groups is 1. The second-order valence-electron chi connectivity index (χ2n) is 7.97. The average Bonchev–Trinajstić information content (AvgIpc) is 2.81. The van der Waals surface area contributed by atoms with Crippen LogP contribution in [-0.2, 0) is 11.3 Å². The lowest BCUT2D eigenvalue weighted by Gasteiger charge is -2.14. The maximum absolute atomic E-state index is 13.4. The lowest BCUT2D eigenvalue weighted by molar-refractivity contribution is -0.118. The van der Waals surface area contributed by atoms with Gasteiger partial charge in [0.1, 0.15) is 0 Å². The summed E-state index contributed by atoms with van der Waals surface area (Å²) in [7, 11) is 0. The first kappa shape index (κ1) is 23.3. The van der Waals surface area contributed by atoms with E-state index in [1.54, 1.807) is 34.9 Å². The fourth-order valence-corrected chi connectivity index (χ4v) is 4.51. The number of carboxylic acid groups (broad SMARTS) is 1. The minimum atomic E-state index is -0.996. The quantitative estimate of drug-likeness (QED) is 0.309. The van der Waals surface area contributed by atoms with Crippen LogP contribution in [0, 0.1) is 13.8 Å². The number of aromatic carboxylic acids is 1. The summed E-state index contributed by atoms with van der Waals surface area (Å²) in [5, 5.41) is 12.8. The molecule has 0 radical (unpaired) electrons. The number of rotatable bonds is 7. The Morgan fingerprint density at radius 2 is 1.68 bits per heavy atom. The third kappa shape index (κ3) is 5.18. The summed E-state index contributed by atoms with van der Waals surface area (Å²) in [6, 6.07) is 19.4. The van der Waals surface area contributed by atoms with Crippen LogP contribution in [0.4, 0.5) is 0 Å². The van der Waals surface area contributed by atoms with E-state index in [1.165, 1.54) is 23.9 Å². The van der Waals surface area contributed by atoms with Crippen LogP contribution in [0.15, 0.2) is 76.7 Å². The molecule has 1 amide bonds. The number of aryl methyl sites for hydroxylation is 2. The van der Waals surface area contributed by atoms with E-state index < -0.39 is 5.97 Å². The Kier molecular flexibility index (Phi) is 6.79. The third-order valence-electron chi connectivity index (χ3n) is 5.23. The highest BCUT2D eigenvalue weighted by atomic mass is 32.2. The molecule has 3 aromatic carbocycles. The number of carboxylic acids is 1. The monoisotopic (exact) mass is 473 g/mol. The lowest BCUT2D eigenvalue weighted by atomic mass is 10.1. The number of benzene rings is 3. The number of nitrogens with zero attached hydrogens (tertiary/aromatic N) is 2. The standard InChI is InChI=1S/C26H23N3O4S/c1-16-11-17(2)13-20(12-16)29-24(31)21-5-3-4-6-22(21)28-26(29)34-15-23(30)27-14-18-7-9-19(10-8-18)25(32)33/h3-13H,14-15H2,1-2H3,(H,27,30)(H,32,33). The van der Waals surface area contributed by atoms with Crippen LogP contribution in [0.2, 0.25) is 0 Å².